The molecular formula is C23H27N3O3. The van der Waals surface area contributed by atoms with Gasteiger partial charge in [-0.3, -0.25) is 19.4 Å². The summed E-state index contributed by atoms with van der Waals surface area (Å²) in [5.74, 6) is -0.687. The number of nitrogens with one attached hydrogen (secondary N) is 1. The Balaban J connectivity index is 1.57. The Kier molecular flexibility index (Phi) is 6.32. The van der Waals surface area contributed by atoms with Crippen molar-refractivity contribution in [3.8, 4) is 0 Å². The summed E-state index contributed by atoms with van der Waals surface area (Å²) in [6.45, 7) is 5.30. The first-order chi connectivity index (χ1) is 13.9. The van der Waals surface area contributed by atoms with E-state index in [1.807, 2.05) is 56.3 Å². The lowest BCUT2D eigenvalue weighted by molar-refractivity contribution is -0.132. The maximum absolute atomic E-state index is 12.8. The molecule has 2 aromatic rings. The van der Waals surface area contributed by atoms with Crippen LogP contribution in [-0.2, 0) is 16.0 Å². The van der Waals surface area contributed by atoms with Crippen LogP contribution in [0.4, 0.5) is 10.5 Å². The van der Waals surface area contributed by atoms with Crippen LogP contribution in [0.25, 0.3) is 0 Å². The van der Waals surface area contributed by atoms with Gasteiger partial charge in [0.15, 0.2) is 0 Å². The van der Waals surface area contributed by atoms with Crippen LogP contribution in [0, 0.1) is 6.92 Å². The highest BCUT2D eigenvalue weighted by atomic mass is 16.2. The maximum Gasteiger partial charge on any atom is 0.332 e. The van der Waals surface area contributed by atoms with E-state index in [1.54, 1.807) is 6.92 Å². The molecule has 6 heteroatoms. The van der Waals surface area contributed by atoms with Crippen molar-refractivity contribution in [2.24, 2.45) is 0 Å². The zero-order valence-electron chi connectivity index (χ0n) is 17.1. The Morgan fingerprint density at radius 2 is 1.72 bits per heavy atom. The minimum absolute atomic E-state index is 0.0545. The number of carbonyl (C=O) groups is 3. The van der Waals surface area contributed by atoms with Gasteiger partial charge in [-0.15, -0.1) is 0 Å². The molecule has 1 aliphatic rings. The van der Waals surface area contributed by atoms with Crippen molar-refractivity contribution in [3.63, 3.8) is 0 Å². The summed E-state index contributed by atoms with van der Waals surface area (Å²) in [6, 6.07) is 16.3. The second kappa shape index (κ2) is 8.90. The second-order valence-electron chi connectivity index (χ2n) is 7.58. The van der Waals surface area contributed by atoms with Crippen molar-refractivity contribution in [1.29, 1.82) is 0 Å². The molecule has 1 N–H and O–H groups in total. The van der Waals surface area contributed by atoms with Gasteiger partial charge < -0.3 is 5.32 Å². The van der Waals surface area contributed by atoms with Gasteiger partial charge in [0.1, 0.15) is 12.6 Å². The maximum atomic E-state index is 12.8. The Hall–Kier alpha value is -3.15. The van der Waals surface area contributed by atoms with Gasteiger partial charge in [-0.05, 0) is 51.3 Å². The molecule has 3 rings (SSSR count). The predicted molar refractivity (Wildman–Crippen MR) is 113 cm³/mol. The Labute approximate surface area is 171 Å². The van der Waals surface area contributed by atoms with Gasteiger partial charge in [0.2, 0.25) is 5.91 Å². The number of hydrogen-bond acceptors (Lipinski definition) is 3. The molecular weight excluding hydrogens is 366 g/mol. The van der Waals surface area contributed by atoms with E-state index < -0.39 is 12.1 Å². The van der Waals surface area contributed by atoms with E-state index in [1.165, 1.54) is 10.5 Å². The average Bonchev–Trinajstić information content (AvgIpc) is 2.91. The number of benzene rings is 2. The number of hydrogen-bond donors (Lipinski definition) is 1. The molecule has 0 radical (unpaired) electrons. The molecule has 1 fully saturated rings. The van der Waals surface area contributed by atoms with Gasteiger partial charge >= 0.3 is 6.03 Å². The molecule has 6 nitrogen and oxygen atoms in total. The summed E-state index contributed by atoms with van der Waals surface area (Å²) in [5.41, 5.74) is 2.93. The number of urea groups is 1. The summed E-state index contributed by atoms with van der Waals surface area (Å²) in [7, 11) is 0. The fourth-order valence-corrected chi connectivity index (χ4v) is 3.47. The van der Waals surface area contributed by atoms with E-state index in [-0.39, 0.29) is 24.4 Å². The standard InChI is InChI=1S/C23H27N3O3/c1-16-9-13-20(14-10-16)26-18(3)22(28)25(23(26)29)15-21(27)24-17(2)11-12-19-7-5-4-6-8-19/h4-10,13-14,17-18H,11-12,15H2,1-3H3,(H,24,27)/t17-,18+/m0/s1. The third-order valence-corrected chi connectivity index (χ3v) is 5.18. The van der Waals surface area contributed by atoms with Crippen molar-refractivity contribution >= 4 is 23.5 Å². The highest BCUT2D eigenvalue weighted by molar-refractivity contribution is 6.15. The van der Waals surface area contributed by atoms with Crippen molar-refractivity contribution < 1.29 is 14.4 Å². The highest BCUT2D eigenvalue weighted by Crippen LogP contribution is 2.25. The van der Waals surface area contributed by atoms with E-state index >= 15 is 0 Å². The molecule has 2 aromatic carbocycles. The average molecular weight is 393 g/mol. The van der Waals surface area contributed by atoms with Crippen LogP contribution in [-0.4, -0.2) is 41.4 Å². The summed E-state index contributed by atoms with van der Waals surface area (Å²) in [4.78, 5) is 40.3. The third-order valence-electron chi connectivity index (χ3n) is 5.18. The van der Waals surface area contributed by atoms with Crippen LogP contribution in [0.1, 0.15) is 31.4 Å². The second-order valence-corrected chi connectivity index (χ2v) is 7.58. The van der Waals surface area contributed by atoms with Crippen molar-refractivity contribution in [3.05, 3.63) is 65.7 Å². The fraction of sp³-hybridized carbons (Fsp3) is 0.348. The topological polar surface area (TPSA) is 69.7 Å². The van der Waals surface area contributed by atoms with E-state index in [9.17, 15) is 14.4 Å². The number of aryl methyl sites for hydroxylation is 2. The highest BCUT2D eigenvalue weighted by Gasteiger charge is 2.44. The summed E-state index contributed by atoms with van der Waals surface area (Å²) in [6.07, 6.45) is 1.63. The van der Waals surface area contributed by atoms with Gasteiger partial charge in [0, 0.05) is 11.7 Å². The summed E-state index contributed by atoms with van der Waals surface area (Å²) in [5, 5.41) is 2.89. The number of imide groups is 1. The van der Waals surface area contributed by atoms with E-state index in [0.717, 1.165) is 23.3 Å². The van der Waals surface area contributed by atoms with Gasteiger partial charge in [0.05, 0.1) is 0 Å². The lowest BCUT2D eigenvalue weighted by Gasteiger charge is -2.20. The number of amides is 4. The van der Waals surface area contributed by atoms with Crippen LogP contribution in [0.15, 0.2) is 54.6 Å². The Bertz CT molecular complexity index is 880. The summed E-state index contributed by atoms with van der Waals surface area (Å²) >= 11 is 0. The number of carbonyl (C=O) groups excluding carboxylic acids is 3. The van der Waals surface area contributed by atoms with E-state index in [2.05, 4.69) is 17.4 Å². The quantitative estimate of drug-likeness (QED) is 0.734. The zero-order valence-corrected chi connectivity index (χ0v) is 17.1. The molecule has 0 saturated carbocycles. The molecule has 152 valence electrons. The van der Waals surface area contributed by atoms with Crippen LogP contribution >= 0.6 is 0 Å². The van der Waals surface area contributed by atoms with E-state index in [0.29, 0.717) is 5.69 Å². The number of rotatable bonds is 7. The summed E-state index contributed by atoms with van der Waals surface area (Å²) < 4.78 is 0. The predicted octanol–water partition coefficient (Wildman–Crippen LogP) is 3.29. The van der Waals surface area contributed by atoms with Crippen molar-refractivity contribution in [2.75, 3.05) is 11.4 Å². The Morgan fingerprint density at radius 1 is 1.07 bits per heavy atom. The molecule has 0 aliphatic carbocycles. The minimum atomic E-state index is -0.631. The van der Waals surface area contributed by atoms with Crippen LogP contribution in [0.5, 0.6) is 0 Å². The molecule has 4 amide bonds. The van der Waals surface area contributed by atoms with Gasteiger partial charge in [0.25, 0.3) is 5.91 Å². The van der Waals surface area contributed by atoms with Gasteiger partial charge in [-0.1, -0.05) is 48.0 Å². The molecule has 0 aromatic heterocycles. The van der Waals surface area contributed by atoms with Crippen LogP contribution in [0.2, 0.25) is 0 Å². The zero-order chi connectivity index (χ0) is 21.0. The lowest BCUT2D eigenvalue weighted by atomic mass is 10.1. The van der Waals surface area contributed by atoms with Gasteiger partial charge in [-0.2, -0.15) is 0 Å². The third kappa shape index (κ3) is 4.83. The molecule has 0 unspecified atom stereocenters. The first-order valence-electron chi connectivity index (χ1n) is 9.91. The van der Waals surface area contributed by atoms with Crippen LogP contribution < -0.4 is 10.2 Å². The number of nitrogens with zero attached hydrogens (tertiary/aromatic N) is 2. The first-order valence-corrected chi connectivity index (χ1v) is 9.91. The molecule has 1 heterocycles. The first kappa shape index (κ1) is 20.6. The largest absolute Gasteiger partial charge is 0.352 e. The molecule has 1 saturated heterocycles. The molecule has 2 atom stereocenters. The smallest absolute Gasteiger partial charge is 0.332 e. The number of anilines is 1. The molecule has 29 heavy (non-hydrogen) atoms. The normalized spacial score (nSPS) is 17.6. The lowest BCUT2D eigenvalue weighted by Crippen LogP contribution is -2.44. The van der Waals surface area contributed by atoms with Crippen molar-refractivity contribution in [2.45, 2.75) is 45.7 Å². The SMILES string of the molecule is Cc1ccc(N2C(=O)N(CC(=O)N[C@@H](C)CCc3ccccc3)C(=O)[C@H]2C)cc1. The monoisotopic (exact) mass is 393 g/mol. The minimum Gasteiger partial charge on any atom is -0.352 e. The Morgan fingerprint density at radius 3 is 2.38 bits per heavy atom. The molecule has 0 spiro atoms. The molecule has 1 aliphatic heterocycles. The molecule has 0 bridgehead atoms. The van der Waals surface area contributed by atoms with E-state index in [4.69, 9.17) is 0 Å². The van der Waals surface area contributed by atoms with Crippen molar-refractivity contribution in [1.82, 2.24) is 10.2 Å². The van der Waals surface area contributed by atoms with Crippen LogP contribution in [0.3, 0.4) is 0 Å². The fourth-order valence-electron chi connectivity index (χ4n) is 3.47. The van der Waals surface area contributed by atoms with Gasteiger partial charge in [-0.25, -0.2) is 4.79 Å².